The summed E-state index contributed by atoms with van der Waals surface area (Å²) in [5.41, 5.74) is 0.696. The molecule has 0 radical (unpaired) electrons. The summed E-state index contributed by atoms with van der Waals surface area (Å²) < 4.78 is 4.74. The second-order valence-corrected chi connectivity index (χ2v) is 3.52. The number of ether oxygens (including phenoxy) is 1. The van der Waals surface area contributed by atoms with Crippen molar-refractivity contribution in [3.63, 3.8) is 0 Å². The van der Waals surface area contributed by atoms with Crippen molar-refractivity contribution in [2.45, 2.75) is 18.5 Å². The highest BCUT2D eigenvalue weighted by atomic mass is 32.2. The van der Waals surface area contributed by atoms with Gasteiger partial charge in [0.1, 0.15) is 6.42 Å². The summed E-state index contributed by atoms with van der Waals surface area (Å²) in [6.45, 7) is 2.15. The van der Waals surface area contributed by atoms with Gasteiger partial charge in [-0.15, -0.1) is 0 Å². The maximum absolute atomic E-state index is 11.0. The van der Waals surface area contributed by atoms with Gasteiger partial charge in [-0.1, -0.05) is 23.6 Å². The Balaban J connectivity index is 2.53. The van der Waals surface area contributed by atoms with Crippen LogP contribution in [0.25, 0.3) is 0 Å². The van der Waals surface area contributed by atoms with Gasteiger partial charge in [0.2, 0.25) is 0 Å². The third-order valence-corrected chi connectivity index (χ3v) is 2.16. The van der Waals surface area contributed by atoms with Gasteiger partial charge in [-0.25, -0.2) is 9.97 Å². The molecule has 0 unspecified atom stereocenters. The lowest BCUT2D eigenvalue weighted by Crippen LogP contribution is -2.01. The van der Waals surface area contributed by atoms with Crippen LogP contribution >= 0.6 is 11.8 Å². The average Bonchev–Trinajstić information content (AvgIpc) is 2.30. The largest absolute Gasteiger partial charge is 0.465 e. The van der Waals surface area contributed by atoms with Crippen LogP contribution in [0, 0.1) is 11.8 Å². The highest BCUT2D eigenvalue weighted by molar-refractivity contribution is 7.98. The molecule has 1 heterocycles. The van der Waals surface area contributed by atoms with Gasteiger partial charge in [0.25, 0.3) is 0 Å². The van der Waals surface area contributed by atoms with Crippen LogP contribution in [0.1, 0.15) is 18.9 Å². The molecule has 0 aliphatic heterocycles. The van der Waals surface area contributed by atoms with Crippen molar-refractivity contribution in [1.29, 1.82) is 0 Å². The van der Waals surface area contributed by atoms with E-state index in [-0.39, 0.29) is 12.4 Å². The van der Waals surface area contributed by atoms with Crippen molar-refractivity contribution >= 4 is 17.7 Å². The lowest BCUT2D eigenvalue weighted by Gasteiger charge is -1.95. The van der Waals surface area contributed by atoms with Crippen molar-refractivity contribution in [2.24, 2.45) is 0 Å². The molecular formula is C11H12N2O2S. The molecule has 1 rings (SSSR count). The maximum Gasteiger partial charge on any atom is 0.317 e. The van der Waals surface area contributed by atoms with E-state index in [0.717, 1.165) is 0 Å². The van der Waals surface area contributed by atoms with Gasteiger partial charge in [-0.2, -0.15) is 0 Å². The first-order valence-electron chi connectivity index (χ1n) is 4.76. The van der Waals surface area contributed by atoms with Crippen LogP contribution in [0.5, 0.6) is 0 Å². The molecule has 0 amide bonds. The molecule has 0 fully saturated rings. The molecule has 0 N–H and O–H groups in total. The number of hydrogen-bond acceptors (Lipinski definition) is 5. The van der Waals surface area contributed by atoms with E-state index in [4.69, 9.17) is 4.74 Å². The summed E-state index contributed by atoms with van der Waals surface area (Å²) in [7, 11) is 0. The second-order valence-electron chi connectivity index (χ2n) is 2.74. The molecule has 4 nitrogen and oxygen atoms in total. The van der Waals surface area contributed by atoms with Crippen LogP contribution in [0.2, 0.25) is 0 Å². The van der Waals surface area contributed by atoms with Gasteiger partial charge >= 0.3 is 5.97 Å². The molecule has 0 saturated heterocycles. The minimum absolute atomic E-state index is 0.0954. The van der Waals surface area contributed by atoms with Crippen LogP contribution in [-0.4, -0.2) is 28.8 Å². The Morgan fingerprint density at radius 1 is 1.50 bits per heavy atom. The smallest absolute Gasteiger partial charge is 0.317 e. The van der Waals surface area contributed by atoms with E-state index < -0.39 is 0 Å². The van der Waals surface area contributed by atoms with Gasteiger partial charge in [-0.3, -0.25) is 4.79 Å². The zero-order chi connectivity index (χ0) is 11.8. The Hall–Kier alpha value is -1.54. The summed E-state index contributed by atoms with van der Waals surface area (Å²) in [5.74, 6) is 5.20. The van der Waals surface area contributed by atoms with E-state index in [9.17, 15) is 4.79 Å². The minimum Gasteiger partial charge on any atom is -0.465 e. The Bertz CT molecular complexity index is 406. The van der Waals surface area contributed by atoms with E-state index in [1.807, 2.05) is 6.26 Å². The molecule has 0 spiro atoms. The molecule has 0 aliphatic rings. The fourth-order valence-electron chi connectivity index (χ4n) is 0.917. The first-order valence-corrected chi connectivity index (χ1v) is 5.99. The summed E-state index contributed by atoms with van der Waals surface area (Å²) in [6.07, 6.45) is 5.27. The van der Waals surface area contributed by atoms with E-state index in [2.05, 4.69) is 21.8 Å². The summed E-state index contributed by atoms with van der Waals surface area (Å²) in [6, 6.07) is 0. The lowest BCUT2D eigenvalue weighted by molar-refractivity contribution is -0.141. The van der Waals surface area contributed by atoms with Gasteiger partial charge in [0, 0.05) is 12.4 Å². The highest BCUT2D eigenvalue weighted by Gasteiger charge is 1.96. The Labute approximate surface area is 98.8 Å². The van der Waals surface area contributed by atoms with E-state index >= 15 is 0 Å². The molecule has 0 bridgehead atoms. The molecule has 0 saturated carbocycles. The van der Waals surface area contributed by atoms with Gasteiger partial charge < -0.3 is 4.74 Å². The van der Waals surface area contributed by atoms with Crippen LogP contribution in [0.3, 0.4) is 0 Å². The number of aromatic nitrogens is 2. The Kier molecular flexibility index (Phi) is 5.37. The first kappa shape index (κ1) is 12.5. The number of carbonyl (C=O) groups is 1. The third-order valence-electron chi connectivity index (χ3n) is 1.58. The molecule has 1 aromatic heterocycles. The van der Waals surface area contributed by atoms with Crippen molar-refractivity contribution in [2.75, 3.05) is 12.9 Å². The van der Waals surface area contributed by atoms with E-state index in [1.165, 1.54) is 11.8 Å². The Morgan fingerprint density at radius 2 is 2.19 bits per heavy atom. The van der Waals surface area contributed by atoms with Crippen molar-refractivity contribution in [3.8, 4) is 11.8 Å². The lowest BCUT2D eigenvalue weighted by atomic mass is 10.3. The summed E-state index contributed by atoms with van der Waals surface area (Å²) in [4.78, 5) is 19.1. The summed E-state index contributed by atoms with van der Waals surface area (Å²) >= 11 is 1.47. The minimum atomic E-state index is -0.309. The number of nitrogens with zero attached hydrogens (tertiary/aromatic N) is 2. The van der Waals surface area contributed by atoms with Gasteiger partial charge in [0.15, 0.2) is 5.16 Å². The van der Waals surface area contributed by atoms with Crippen LogP contribution < -0.4 is 0 Å². The predicted molar refractivity (Wildman–Crippen MR) is 61.9 cm³/mol. The van der Waals surface area contributed by atoms with Crippen molar-refractivity contribution < 1.29 is 9.53 Å². The number of esters is 1. The fraction of sp³-hybridized carbons (Fsp3) is 0.364. The number of thioether (sulfide) groups is 1. The number of rotatable bonds is 3. The zero-order valence-electron chi connectivity index (χ0n) is 9.19. The predicted octanol–water partition coefficient (Wildman–Crippen LogP) is 1.50. The number of hydrogen-bond donors (Lipinski definition) is 0. The van der Waals surface area contributed by atoms with Gasteiger partial charge in [-0.05, 0) is 13.2 Å². The molecule has 0 atom stereocenters. The fourth-order valence-corrected chi connectivity index (χ4v) is 1.23. The van der Waals surface area contributed by atoms with Crippen LogP contribution in [0.4, 0.5) is 0 Å². The molecule has 5 heteroatoms. The quantitative estimate of drug-likeness (QED) is 0.344. The van der Waals surface area contributed by atoms with Crippen LogP contribution in [0.15, 0.2) is 17.6 Å². The molecule has 0 aliphatic carbocycles. The average molecular weight is 236 g/mol. The molecular weight excluding hydrogens is 224 g/mol. The van der Waals surface area contributed by atoms with Crippen molar-refractivity contribution in [1.82, 2.24) is 9.97 Å². The monoisotopic (exact) mass is 236 g/mol. The molecule has 1 aromatic rings. The zero-order valence-corrected chi connectivity index (χ0v) is 10.0. The second kappa shape index (κ2) is 6.85. The molecule has 84 valence electrons. The molecule has 16 heavy (non-hydrogen) atoms. The first-order chi connectivity index (χ1) is 7.76. The molecule has 0 aromatic carbocycles. The number of carbonyl (C=O) groups excluding carboxylic acids is 1. The summed E-state index contributed by atoms with van der Waals surface area (Å²) in [5, 5.41) is 0.705. The third kappa shape index (κ3) is 4.32. The SMILES string of the molecule is CCOC(=O)CC#Cc1cnc(SC)nc1. The normalized spacial score (nSPS) is 9.12. The van der Waals surface area contributed by atoms with Gasteiger partial charge in [0.05, 0.1) is 12.2 Å². The van der Waals surface area contributed by atoms with Crippen LogP contribution in [-0.2, 0) is 9.53 Å². The van der Waals surface area contributed by atoms with E-state index in [0.29, 0.717) is 17.3 Å². The van der Waals surface area contributed by atoms with E-state index in [1.54, 1.807) is 19.3 Å². The Morgan fingerprint density at radius 3 is 2.75 bits per heavy atom. The highest BCUT2D eigenvalue weighted by Crippen LogP contribution is 2.06. The maximum atomic E-state index is 11.0. The van der Waals surface area contributed by atoms with Crippen molar-refractivity contribution in [3.05, 3.63) is 18.0 Å². The standard InChI is InChI=1S/C11H12N2O2S/c1-3-15-10(14)6-4-5-9-7-12-11(16-2)13-8-9/h7-8H,3,6H2,1-2H3. The topological polar surface area (TPSA) is 52.1 Å².